The lowest BCUT2D eigenvalue weighted by molar-refractivity contribution is -0.131. The van der Waals surface area contributed by atoms with Gasteiger partial charge < -0.3 is 15.4 Å². The predicted octanol–water partition coefficient (Wildman–Crippen LogP) is 0.588. The Morgan fingerprint density at radius 2 is 2.18 bits per heavy atom. The van der Waals surface area contributed by atoms with Crippen LogP contribution in [0.4, 0.5) is 0 Å². The summed E-state index contributed by atoms with van der Waals surface area (Å²) in [6, 6.07) is 1.44. The van der Waals surface area contributed by atoms with Crippen LogP contribution in [-0.4, -0.2) is 34.3 Å². The maximum Gasteiger partial charge on any atom is 0.328 e. The van der Waals surface area contributed by atoms with Gasteiger partial charge in [-0.1, -0.05) is 6.08 Å². The van der Waals surface area contributed by atoms with E-state index in [1.165, 1.54) is 25.3 Å². The van der Waals surface area contributed by atoms with E-state index >= 15 is 0 Å². The summed E-state index contributed by atoms with van der Waals surface area (Å²) in [6.07, 6.45) is 3.70. The van der Waals surface area contributed by atoms with Gasteiger partial charge in [-0.2, -0.15) is 0 Å². The van der Waals surface area contributed by atoms with Gasteiger partial charge in [0.2, 0.25) is 0 Å². The smallest absolute Gasteiger partial charge is 0.328 e. The molecule has 0 unspecified atom stereocenters. The van der Waals surface area contributed by atoms with E-state index in [-0.39, 0.29) is 18.0 Å². The molecule has 0 aromatic carbocycles. The van der Waals surface area contributed by atoms with Gasteiger partial charge in [0.1, 0.15) is 5.69 Å². The van der Waals surface area contributed by atoms with Gasteiger partial charge in [-0.05, 0) is 13.0 Å². The second kappa shape index (κ2) is 5.64. The van der Waals surface area contributed by atoms with Crippen molar-refractivity contribution >= 4 is 17.7 Å². The van der Waals surface area contributed by atoms with E-state index in [1.807, 2.05) is 0 Å². The minimum atomic E-state index is -1.07. The third-order valence-corrected chi connectivity index (χ3v) is 1.98. The fourth-order valence-corrected chi connectivity index (χ4v) is 1.14. The molecule has 90 valence electrons. The largest absolute Gasteiger partial charge is 0.478 e. The second-order valence-corrected chi connectivity index (χ2v) is 3.31. The first kappa shape index (κ1) is 12.7. The molecular weight excluding hydrogens is 224 g/mol. The molecule has 0 fully saturated rings. The second-order valence-electron chi connectivity index (χ2n) is 3.31. The highest BCUT2D eigenvalue weighted by Crippen LogP contribution is 2.03. The van der Waals surface area contributed by atoms with E-state index in [0.29, 0.717) is 5.56 Å². The molecule has 1 aromatic heterocycles. The summed E-state index contributed by atoms with van der Waals surface area (Å²) in [5, 5.41) is 10.8. The number of carbonyl (C=O) groups is 3. The number of nitrogens with one attached hydrogen (secondary N) is 2. The van der Waals surface area contributed by atoms with Crippen LogP contribution < -0.4 is 5.32 Å². The minimum Gasteiger partial charge on any atom is -0.478 e. The Kier molecular flexibility index (Phi) is 4.21. The molecule has 0 bridgehead atoms. The van der Waals surface area contributed by atoms with Crippen molar-refractivity contribution in [3.63, 3.8) is 0 Å². The Labute approximate surface area is 97.3 Å². The first-order valence-corrected chi connectivity index (χ1v) is 4.87. The number of rotatable bonds is 5. The van der Waals surface area contributed by atoms with Crippen molar-refractivity contribution in [3.05, 3.63) is 35.7 Å². The molecule has 1 heterocycles. The third kappa shape index (κ3) is 3.94. The Morgan fingerprint density at radius 1 is 1.47 bits per heavy atom. The summed E-state index contributed by atoms with van der Waals surface area (Å²) in [5.74, 6) is -1.60. The van der Waals surface area contributed by atoms with Crippen molar-refractivity contribution in [1.29, 1.82) is 0 Å². The molecule has 1 aromatic rings. The summed E-state index contributed by atoms with van der Waals surface area (Å²) < 4.78 is 0. The molecule has 1 rings (SSSR count). The van der Waals surface area contributed by atoms with Crippen LogP contribution in [0.2, 0.25) is 0 Å². The predicted molar refractivity (Wildman–Crippen MR) is 59.9 cm³/mol. The fourth-order valence-electron chi connectivity index (χ4n) is 1.14. The van der Waals surface area contributed by atoms with E-state index in [9.17, 15) is 14.4 Å². The van der Waals surface area contributed by atoms with Gasteiger partial charge in [-0.3, -0.25) is 9.59 Å². The van der Waals surface area contributed by atoms with Gasteiger partial charge in [-0.15, -0.1) is 0 Å². The first-order valence-electron chi connectivity index (χ1n) is 4.87. The number of ketones is 1. The molecule has 17 heavy (non-hydrogen) atoms. The van der Waals surface area contributed by atoms with Crippen LogP contribution in [0, 0.1) is 0 Å². The molecule has 6 nitrogen and oxygen atoms in total. The summed E-state index contributed by atoms with van der Waals surface area (Å²) >= 11 is 0. The van der Waals surface area contributed by atoms with E-state index < -0.39 is 11.9 Å². The molecule has 6 heteroatoms. The van der Waals surface area contributed by atoms with Gasteiger partial charge in [0.05, 0.1) is 0 Å². The van der Waals surface area contributed by atoms with Crippen molar-refractivity contribution in [1.82, 2.24) is 10.3 Å². The number of H-pyrrole nitrogens is 1. The number of hydrogen-bond acceptors (Lipinski definition) is 3. The molecule has 1 amide bonds. The molecule has 0 aliphatic carbocycles. The minimum absolute atomic E-state index is 0.111. The highest BCUT2D eigenvalue weighted by Gasteiger charge is 2.09. The van der Waals surface area contributed by atoms with Crippen molar-refractivity contribution < 1.29 is 19.5 Å². The van der Waals surface area contributed by atoms with Crippen LogP contribution in [0.5, 0.6) is 0 Å². The number of carboxylic acids is 1. The maximum absolute atomic E-state index is 11.5. The zero-order valence-corrected chi connectivity index (χ0v) is 9.19. The lowest BCUT2D eigenvalue weighted by atomic mass is 10.2. The Morgan fingerprint density at radius 3 is 2.71 bits per heavy atom. The first-order chi connectivity index (χ1) is 8.00. The van der Waals surface area contributed by atoms with E-state index in [4.69, 9.17) is 5.11 Å². The van der Waals surface area contributed by atoms with Gasteiger partial charge in [0.15, 0.2) is 5.78 Å². The average molecular weight is 236 g/mol. The van der Waals surface area contributed by atoms with Gasteiger partial charge >= 0.3 is 5.97 Å². The van der Waals surface area contributed by atoms with E-state index in [0.717, 1.165) is 6.08 Å². The van der Waals surface area contributed by atoms with Gasteiger partial charge in [0.25, 0.3) is 5.91 Å². The molecule has 0 spiro atoms. The van der Waals surface area contributed by atoms with Crippen LogP contribution in [-0.2, 0) is 4.79 Å². The highest BCUT2D eigenvalue weighted by molar-refractivity contribution is 5.99. The lowest BCUT2D eigenvalue weighted by Crippen LogP contribution is -2.23. The van der Waals surface area contributed by atoms with Crippen LogP contribution >= 0.6 is 0 Å². The summed E-state index contributed by atoms with van der Waals surface area (Å²) in [4.78, 5) is 35.3. The van der Waals surface area contributed by atoms with Crippen LogP contribution in [0.25, 0.3) is 0 Å². The molecule has 0 saturated heterocycles. The lowest BCUT2D eigenvalue weighted by Gasteiger charge is -1.98. The van der Waals surface area contributed by atoms with Crippen LogP contribution in [0.15, 0.2) is 24.4 Å². The van der Waals surface area contributed by atoms with E-state index in [1.54, 1.807) is 0 Å². The number of carboxylic acid groups (broad SMARTS) is 1. The standard InChI is InChI=1S/C11H12N2O4/c1-7(14)8-5-9(13-6-8)11(17)12-4-2-3-10(15)16/h2-3,5-6,13H,4H2,1H3,(H,12,17)(H,15,16)/b3-2+. The van der Waals surface area contributed by atoms with Gasteiger partial charge in [0, 0.05) is 24.4 Å². The number of amides is 1. The highest BCUT2D eigenvalue weighted by atomic mass is 16.4. The van der Waals surface area contributed by atoms with Crippen molar-refractivity contribution in [2.24, 2.45) is 0 Å². The normalized spacial score (nSPS) is 10.4. The quantitative estimate of drug-likeness (QED) is 0.514. The topological polar surface area (TPSA) is 99.3 Å². The summed E-state index contributed by atoms with van der Waals surface area (Å²) in [7, 11) is 0. The summed E-state index contributed by atoms with van der Waals surface area (Å²) in [5.41, 5.74) is 0.690. The van der Waals surface area contributed by atoms with Crippen molar-refractivity contribution in [2.75, 3.05) is 6.54 Å². The molecular formula is C11H12N2O4. The third-order valence-electron chi connectivity index (χ3n) is 1.98. The molecule has 0 aliphatic heterocycles. The average Bonchev–Trinajstić information content (AvgIpc) is 2.73. The Balaban J connectivity index is 2.52. The van der Waals surface area contributed by atoms with Crippen LogP contribution in [0.3, 0.4) is 0 Å². The molecule has 0 atom stereocenters. The number of aromatic amines is 1. The number of carbonyl (C=O) groups excluding carboxylic acids is 2. The molecule has 0 saturated carbocycles. The fraction of sp³-hybridized carbons (Fsp3) is 0.182. The van der Waals surface area contributed by atoms with Crippen molar-refractivity contribution in [3.8, 4) is 0 Å². The maximum atomic E-state index is 11.5. The molecule has 0 aliphatic rings. The summed E-state index contributed by atoms with van der Waals surface area (Å²) in [6.45, 7) is 1.51. The van der Waals surface area contributed by atoms with Gasteiger partial charge in [-0.25, -0.2) is 4.79 Å². The number of hydrogen-bond donors (Lipinski definition) is 3. The van der Waals surface area contributed by atoms with Crippen molar-refractivity contribution in [2.45, 2.75) is 6.92 Å². The zero-order chi connectivity index (χ0) is 12.8. The monoisotopic (exact) mass is 236 g/mol. The SMILES string of the molecule is CC(=O)c1c[nH]c(C(=O)NC/C=C/C(=O)O)c1. The number of aromatic nitrogens is 1. The van der Waals surface area contributed by atoms with E-state index in [2.05, 4.69) is 10.3 Å². The molecule has 0 radical (unpaired) electrons. The Hall–Kier alpha value is -2.37. The van der Waals surface area contributed by atoms with Crippen LogP contribution in [0.1, 0.15) is 27.8 Å². The number of Topliss-reactive ketones (excluding diaryl/α,β-unsaturated/α-hetero) is 1. The molecule has 3 N–H and O–H groups in total. The Bertz CT molecular complexity index is 474. The zero-order valence-electron chi connectivity index (χ0n) is 9.19. The number of aliphatic carboxylic acids is 1.